The van der Waals surface area contributed by atoms with E-state index >= 15 is 0 Å². The molecule has 4 fully saturated rings. The van der Waals surface area contributed by atoms with Crippen molar-refractivity contribution < 1.29 is 29.3 Å². The fourth-order valence-corrected chi connectivity index (χ4v) is 10.6. The van der Waals surface area contributed by atoms with Crippen LogP contribution in [-0.4, -0.2) is 34.4 Å². The van der Waals surface area contributed by atoms with E-state index in [1.807, 2.05) is 52.0 Å². The van der Waals surface area contributed by atoms with E-state index in [0.29, 0.717) is 40.1 Å². The minimum atomic E-state index is 0. The molecule has 4 saturated carbocycles. The number of esters is 2. The van der Waals surface area contributed by atoms with E-state index in [1.54, 1.807) is 24.3 Å². The SMILES string of the molecule is C.CCC(C)C(=O)OC1CC2CCC1(C)C2(C)C.CCC(C)C(=O)OC1CC2CCC1(C)C2(C)C.CCC(C)c1ccc(O)cc1.CCC(C)c1ccc(O)cc1.CCC(C)c1ccccc1. The third-order valence-electron chi connectivity index (χ3n) is 18.1. The van der Waals surface area contributed by atoms with Gasteiger partial charge < -0.3 is 19.7 Å². The quantitative estimate of drug-likeness (QED) is 0.176. The van der Waals surface area contributed by atoms with Gasteiger partial charge in [-0.3, -0.25) is 9.59 Å². The first-order chi connectivity index (χ1) is 31.0. The van der Waals surface area contributed by atoms with Crippen LogP contribution < -0.4 is 0 Å². The van der Waals surface area contributed by atoms with Gasteiger partial charge in [-0.15, -0.1) is 0 Å². The maximum atomic E-state index is 11.9. The minimum absolute atomic E-state index is 0. The molecule has 7 rings (SSSR count). The summed E-state index contributed by atoms with van der Waals surface area (Å²) in [4.78, 5) is 23.9. The molecule has 0 aliphatic heterocycles. The lowest BCUT2D eigenvalue weighted by molar-refractivity contribution is -0.162. The van der Waals surface area contributed by atoms with Crippen LogP contribution in [0, 0.1) is 45.3 Å². The highest BCUT2D eigenvalue weighted by atomic mass is 16.5. The summed E-state index contributed by atoms with van der Waals surface area (Å²) in [6.45, 7) is 35.2. The number of phenols is 2. The molecule has 0 heterocycles. The Kier molecular flexibility index (Phi) is 23.2. The molecule has 0 radical (unpaired) electrons. The van der Waals surface area contributed by atoms with Gasteiger partial charge in [0.05, 0.1) is 11.8 Å². The highest BCUT2D eigenvalue weighted by molar-refractivity contribution is 5.72. The van der Waals surface area contributed by atoms with Gasteiger partial charge in [0.2, 0.25) is 0 Å². The molecule has 0 saturated heterocycles. The Morgan fingerprint density at radius 3 is 1.04 bits per heavy atom. The molecule has 378 valence electrons. The molecule has 3 aromatic rings. The first kappa shape index (κ1) is 59.3. The summed E-state index contributed by atoms with van der Waals surface area (Å²) in [5.41, 5.74) is 5.09. The number of rotatable bonds is 12. The van der Waals surface area contributed by atoms with E-state index in [-0.39, 0.29) is 54.2 Å². The standard InChI is InChI=1S/2C15H26O2.2C10H14O.C10H14.CH4/c2*1-6-10(2)13(16)17-12-9-11-7-8-15(12,5)14(11,3)4;2*1-3-8(2)9-4-6-10(11)7-5-9;1-3-9(2)10-7-5-4-6-8-10;/h2*10-12H,6-9H2,1-5H3;2*4-8,11H,3H2,1-2H3;4-9H,3H2,1-2H3;1H4. The zero-order chi connectivity index (χ0) is 49.6. The van der Waals surface area contributed by atoms with Crippen LogP contribution in [0.15, 0.2) is 78.9 Å². The number of hydrogen-bond acceptors (Lipinski definition) is 6. The van der Waals surface area contributed by atoms with Crippen molar-refractivity contribution >= 4 is 11.9 Å². The van der Waals surface area contributed by atoms with Crippen molar-refractivity contribution in [2.45, 2.75) is 219 Å². The first-order valence-electron chi connectivity index (χ1n) is 26.0. The van der Waals surface area contributed by atoms with E-state index < -0.39 is 0 Å². The number of phenolic OH excluding ortho intramolecular Hbond substituents is 2. The van der Waals surface area contributed by atoms with Crippen LogP contribution in [0.5, 0.6) is 11.5 Å². The van der Waals surface area contributed by atoms with Crippen molar-refractivity contribution in [1.29, 1.82) is 0 Å². The molecule has 4 aliphatic rings. The predicted octanol–water partition coefficient (Wildman–Crippen LogP) is 17.2. The average Bonchev–Trinajstić information content (AvgIpc) is 3.84. The normalized spacial score (nSPS) is 26.6. The largest absolute Gasteiger partial charge is 0.508 e. The van der Waals surface area contributed by atoms with E-state index in [1.165, 1.54) is 48.8 Å². The summed E-state index contributed by atoms with van der Waals surface area (Å²) in [7, 11) is 0. The van der Waals surface area contributed by atoms with E-state index in [9.17, 15) is 9.59 Å². The Bertz CT molecular complexity index is 1770. The third-order valence-corrected chi connectivity index (χ3v) is 18.1. The Morgan fingerprint density at radius 2 is 0.806 bits per heavy atom. The molecule has 67 heavy (non-hydrogen) atoms. The van der Waals surface area contributed by atoms with Crippen molar-refractivity contribution in [3.63, 3.8) is 0 Å². The predicted molar refractivity (Wildman–Crippen MR) is 283 cm³/mol. The molecule has 0 spiro atoms. The van der Waals surface area contributed by atoms with Crippen LogP contribution in [0.4, 0.5) is 0 Å². The van der Waals surface area contributed by atoms with Crippen LogP contribution in [0.3, 0.4) is 0 Å². The molecule has 3 aromatic carbocycles. The number of carbonyl (C=O) groups is 2. The fourth-order valence-electron chi connectivity index (χ4n) is 10.6. The van der Waals surface area contributed by atoms with Gasteiger partial charge in [0.1, 0.15) is 23.7 Å². The molecule has 11 atom stereocenters. The van der Waals surface area contributed by atoms with Crippen LogP contribution in [0.25, 0.3) is 0 Å². The van der Waals surface area contributed by atoms with Gasteiger partial charge in [-0.25, -0.2) is 0 Å². The summed E-state index contributed by atoms with van der Waals surface area (Å²) < 4.78 is 11.6. The van der Waals surface area contributed by atoms with Gasteiger partial charge >= 0.3 is 11.9 Å². The number of aromatic hydroxyl groups is 2. The molecule has 0 amide bonds. The molecule has 4 aliphatic carbocycles. The van der Waals surface area contributed by atoms with Crippen molar-refractivity contribution in [2.75, 3.05) is 0 Å². The van der Waals surface area contributed by atoms with Gasteiger partial charge in [0, 0.05) is 10.8 Å². The fraction of sp³-hybridized carbons (Fsp3) is 0.672. The van der Waals surface area contributed by atoms with Crippen molar-refractivity contribution in [2.24, 2.45) is 45.3 Å². The summed E-state index contributed by atoms with van der Waals surface area (Å²) in [6, 6.07) is 25.5. The first-order valence-corrected chi connectivity index (χ1v) is 26.0. The summed E-state index contributed by atoms with van der Waals surface area (Å²) in [5, 5.41) is 18.0. The molecule has 6 nitrogen and oxygen atoms in total. The lowest BCUT2D eigenvalue weighted by Crippen LogP contribution is -2.39. The van der Waals surface area contributed by atoms with Crippen LogP contribution in [-0.2, 0) is 19.1 Å². The number of carbonyl (C=O) groups excluding carboxylic acids is 2. The molecule has 11 unspecified atom stereocenters. The van der Waals surface area contributed by atoms with Gasteiger partial charge in [0.15, 0.2) is 0 Å². The highest BCUT2D eigenvalue weighted by Gasteiger charge is 2.64. The second kappa shape index (κ2) is 26.3. The zero-order valence-electron chi connectivity index (χ0n) is 44.5. The third kappa shape index (κ3) is 14.6. The zero-order valence-corrected chi connectivity index (χ0v) is 44.5. The molecule has 0 aromatic heterocycles. The maximum Gasteiger partial charge on any atom is 0.308 e. The Balaban J connectivity index is 0.000000292. The molecule has 4 bridgehead atoms. The Hall–Kier alpha value is -3.80. The number of hydrogen-bond donors (Lipinski definition) is 2. The molecular weight excluding hydrogens is 829 g/mol. The van der Waals surface area contributed by atoms with Crippen LogP contribution >= 0.6 is 0 Å². The second-order valence-electron chi connectivity index (χ2n) is 22.2. The van der Waals surface area contributed by atoms with Crippen LogP contribution in [0.2, 0.25) is 0 Å². The van der Waals surface area contributed by atoms with Crippen LogP contribution in [0.1, 0.15) is 223 Å². The minimum Gasteiger partial charge on any atom is -0.508 e. The van der Waals surface area contributed by atoms with E-state index in [0.717, 1.165) is 50.4 Å². The smallest absolute Gasteiger partial charge is 0.308 e. The Morgan fingerprint density at radius 1 is 0.507 bits per heavy atom. The van der Waals surface area contributed by atoms with Gasteiger partial charge in [-0.05, 0) is 152 Å². The number of fused-ring (bicyclic) bond motifs is 4. The Labute approximate surface area is 410 Å². The summed E-state index contributed by atoms with van der Waals surface area (Å²) in [5.74, 6) is 4.15. The number of benzene rings is 3. The van der Waals surface area contributed by atoms with E-state index in [2.05, 4.69) is 113 Å². The molecule has 6 heteroatoms. The lowest BCUT2D eigenvalue weighted by atomic mass is 9.70. The lowest BCUT2D eigenvalue weighted by Gasteiger charge is -2.38. The van der Waals surface area contributed by atoms with Gasteiger partial charge in [0.25, 0.3) is 0 Å². The molecule has 2 N–H and O–H groups in total. The topological polar surface area (TPSA) is 93.1 Å². The molecular formula is C61H98O6. The van der Waals surface area contributed by atoms with Crippen molar-refractivity contribution in [3.05, 3.63) is 95.6 Å². The summed E-state index contributed by atoms with van der Waals surface area (Å²) in [6.07, 6.45) is 12.7. The van der Waals surface area contributed by atoms with Gasteiger partial charge in [-0.1, -0.05) is 173 Å². The monoisotopic (exact) mass is 927 g/mol. The van der Waals surface area contributed by atoms with Crippen molar-refractivity contribution in [1.82, 2.24) is 0 Å². The highest BCUT2D eigenvalue weighted by Crippen LogP contribution is 2.67. The van der Waals surface area contributed by atoms with E-state index in [4.69, 9.17) is 19.7 Å². The number of ether oxygens (including phenoxy) is 2. The van der Waals surface area contributed by atoms with Crippen molar-refractivity contribution in [3.8, 4) is 11.5 Å². The summed E-state index contributed by atoms with van der Waals surface area (Å²) >= 11 is 0. The second-order valence-corrected chi connectivity index (χ2v) is 22.2. The average molecular weight is 927 g/mol. The van der Waals surface area contributed by atoms with Gasteiger partial charge in [-0.2, -0.15) is 0 Å². The maximum absolute atomic E-state index is 11.9.